The van der Waals surface area contributed by atoms with Crippen molar-refractivity contribution in [1.29, 1.82) is 0 Å². The Morgan fingerprint density at radius 3 is 2.26 bits per heavy atom. The van der Waals surface area contributed by atoms with Crippen molar-refractivity contribution >= 4 is 38.9 Å². The van der Waals surface area contributed by atoms with Crippen LogP contribution >= 0.6 is 28.1 Å². The highest BCUT2D eigenvalue weighted by Gasteiger charge is 2.18. The van der Waals surface area contributed by atoms with Gasteiger partial charge >= 0.3 is 0 Å². The zero-order valence-electron chi connectivity index (χ0n) is 14.0. The van der Waals surface area contributed by atoms with Crippen molar-refractivity contribution in [2.45, 2.75) is 33.7 Å². The number of anilines is 1. The zero-order chi connectivity index (χ0) is 17.0. The first-order valence-corrected chi connectivity index (χ1v) is 8.97. The van der Waals surface area contributed by atoms with Crippen LogP contribution in [0.3, 0.4) is 0 Å². The van der Waals surface area contributed by atoms with E-state index in [0.29, 0.717) is 11.0 Å². The third kappa shape index (κ3) is 5.05. The summed E-state index contributed by atoms with van der Waals surface area (Å²) >= 11 is 8.94. The summed E-state index contributed by atoms with van der Waals surface area (Å²) in [5, 5.41) is 7.36. The molecule has 2 N–H and O–H groups in total. The summed E-state index contributed by atoms with van der Waals surface area (Å²) in [6, 6.07) is 14.8. The smallest absolute Gasteiger partial charge is 0.171 e. The van der Waals surface area contributed by atoms with E-state index in [2.05, 4.69) is 72.5 Å². The summed E-state index contributed by atoms with van der Waals surface area (Å²) in [4.78, 5) is 0. The molecule has 0 spiro atoms. The topological polar surface area (TPSA) is 24.1 Å². The molecule has 2 aromatic rings. The van der Waals surface area contributed by atoms with Crippen LogP contribution in [-0.4, -0.2) is 5.11 Å². The summed E-state index contributed by atoms with van der Waals surface area (Å²) in [5.41, 5.74) is 4.85. The molecule has 0 fully saturated rings. The minimum absolute atomic E-state index is 0.186. The standard InChI is InChI=1S/C19H23BrN2S/c1-12(2)18(17-10-5-13(3)11-14(17)4)22-19(23)21-16-8-6-15(20)7-9-16/h5-12,18H,1-4H3,(H2,21,22,23)/t18-/m1/s1. The average Bonchev–Trinajstić information content (AvgIpc) is 2.48. The Bertz CT molecular complexity index is 680. The van der Waals surface area contributed by atoms with E-state index >= 15 is 0 Å². The maximum Gasteiger partial charge on any atom is 0.171 e. The molecule has 0 aliphatic carbocycles. The average molecular weight is 391 g/mol. The minimum atomic E-state index is 0.186. The Morgan fingerprint density at radius 2 is 1.70 bits per heavy atom. The first-order valence-electron chi connectivity index (χ1n) is 7.77. The number of nitrogens with one attached hydrogen (secondary N) is 2. The SMILES string of the molecule is Cc1ccc([C@H](NC(=S)Nc2ccc(Br)cc2)C(C)C)c(C)c1. The molecule has 1 atom stereocenters. The van der Waals surface area contributed by atoms with Crippen LogP contribution in [0.2, 0.25) is 0 Å². The molecule has 4 heteroatoms. The van der Waals surface area contributed by atoms with Gasteiger partial charge in [-0.25, -0.2) is 0 Å². The molecular weight excluding hydrogens is 368 g/mol. The van der Waals surface area contributed by atoms with E-state index < -0.39 is 0 Å². The lowest BCUT2D eigenvalue weighted by atomic mass is 9.92. The minimum Gasteiger partial charge on any atom is -0.355 e. The second-order valence-corrected chi connectivity index (χ2v) is 7.51. The normalized spacial score (nSPS) is 12.1. The Hall–Kier alpha value is -1.39. The van der Waals surface area contributed by atoms with Crippen molar-refractivity contribution in [3.8, 4) is 0 Å². The molecule has 0 aliphatic rings. The third-order valence-corrected chi connectivity index (χ3v) is 4.56. The second-order valence-electron chi connectivity index (χ2n) is 6.19. The lowest BCUT2D eigenvalue weighted by Crippen LogP contribution is -2.35. The highest BCUT2D eigenvalue weighted by molar-refractivity contribution is 9.10. The first kappa shape index (κ1) is 18.0. The largest absolute Gasteiger partial charge is 0.355 e. The van der Waals surface area contributed by atoms with Crippen molar-refractivity contribution in [2.75, 3.05) is 5.32 Å². The van der Waals surface area contributed by atoms with Gasteiger partial charge in [0.05, 0.1) is 6.04 Å². The predicted molar refractivity (Wildman–Crippen MR) is 107 cm³/mol. The van der Waals surface area contributed by atoms with Gasteiger partial charge in [-0.3, -0.25) is 0 Å². The van der Waals surface area contributed by atoms with Gasteiger partial charge in [-0.15, -0.1) is 0 Å². The van der Waals surface area contributed by atoms with Gasteiger partial charge in [0.1, 0.15) is 0 Å². The Labute approximate surface area is 152 Å². The van der Waals surface area contributed by atoms with Gasteiger partial charge in [0.15, 0.2) is 5.11 Å². The number of benzene rings is 2. The Kier molecular flexibility index (Phi) is 6.19. The van der Waals surface area contributed by atoms with Gasteiger partial charge in [-0.1, -0.05) is 53.5 Å². The van der Waals surface area contributed by atoms with Crippen LogP contribution in [0.15, 0.2) is 46.9 Å². The molecule has 23 heavy (non-hydrogen) atoms. The molecule has 2 aromatic carbocycles. The Balaban J connectivity index is 2.12. The number of aryl methyl sites for hydroxylation is 2. The van der Waals surface area contributed by atoms with Crippen molar-refractivity contribution < 1.29 is 0 Å². The van der Waals surface area contributed by atoms with Crippen LogP contribution < -0.4 is 10.6 Å². The molecule has 0 heterocycles. The maximum atomic E-state index is 5.50. The summed E-state index contributed by atoms with van der Waals surface area (Å²) in [6.45, 7) is 8.69. The number of halogens is 1. The second kappa shape index (κ2) is 7.93. The van der Waals surface area contributed by atoms with Crippen molar-refractivity contribution in [3.63, 3.8) is 0 Å². The summed E-state index contributed by atoms with van der Waals surface area (Å²) in [5.74, 6) is 0.432. The molecule has 0 saturated heterocycles. The highest BCUT2D eigenvalue weighted by Crippen LogP contribution is 2.25. The van der Waals surface area contributed by atoms with E-state index in [1.54, 1.807) is 0 Å². The van der Waals surface area contributed by atoms with Gasteiger partial charge in [0.2, 0.25) is 0 Å². The fourth-order valence-corrected chi connectivity index (χ4v) is 3.13. The molecule has 0 radical (unpaired) electrons. The van der Waals surface area contributed by atoms with E-state index in [4.69, 9.17) is 12.2 Å². The van der Waals surface area contributed by atoms with Crippen molar-refractivity contribution in [2.24, 2.45) is 5.92 Å². The molecule has 2 nitrogen and oxygen atoms in total. The van der Waals surface area contributed by atoms with Crippen LogP contribution in [0.1, 0.15) is 36.6 Å². The van der Waals surface area contributed by atoms with Crippen LogP contribution in [0, 0.1) is 19.8 Å². The number of hydrogen-bond acceptors (Lipinski definition) is 1. The fraction of sp³-hybridized carbons (Fsp3) is 0.316. The molecule has 0 aliphatic heterocycles. The van der Waals surface area contributed by atoms with Crippen LogP contribution in [0.25, 0.3) is 0 Å². The number of hydrogen-bond donors (Lipinski definition) is 2. The van der Waals surface area contributed by atoms with Gasteiger partial charge < -0.3 is 10.6 Å². The van der Waals surface area contributed by atoms with Crippen LogP contribution in [0.5, 0.6) is 0 Å². The van der Waals surface area contributed by atoms with Gasteiger partial charge in [0, 0.05) is 10.2 Å². The molecule has 0 unspecified atom stereocenters. The van der Waals surface area contributed by atoms with E-state index in [0.717, 1.165) is 10.2 Å². The summed E-state index contributed by atoms with van der Waals surface area (Å²) in [6.07, 6.45) is 0. The summed E-state index contributed by atoms with van der Waals surface area (Å²) in [7, 11) is 0. The monoisotopic (exact) mass is 390 g/mol. The van der Waals surface area contributed by atoms with Gasteiger partial charge in [0.25, 0.3) is 0 Å². The number of rotatable bonds is 4. The van der Waals surface area contributed by atoms with Crippen molar-refractivity contribution in [1.82, 2.24) is 5.32 Å². The lowest BCUT2D eigenvalue weighted by Gasteiger charge is -2.26. The van der Waals surface area contributed by atoms with E-state index in [1.165, 1.54) is 16.7 Å². The van der Waals surface area contributed by atoms with Crippen LogP contribution in [-0.2, 0) is 0 Å². The zero-order valence-corrected chi connectivity index (χ0v) is 16.4. The molecule has 2 rings (SSSR count). The highest BCUT2D eigenvalue weighted by atomic mass is 79.9. The van der Waals surface area contributed by atoms with Crippen LogP contribution in [0.4, 0.5) is 5.69 Å². The van der Waals surface area contributed by atoms with Gasteiger partial charge in [-0.2, -0.15) is 0 Å². The number of thiocarbonyl (C=S) groups is 1. The summed E-state index contributed by atoms with van der Waals surface area (Å²) < 4.78 is 1.05. The van der Waals surface area contributed by atoms with E-state index in [9.17, 15) is 0 Å². The van der Waals surface area contributed by atoms with E-state index in [1.807, 2.05) is 24.3 Å². The van der Waals surface area contributed by atoms with E-state index in [-0.39, 0.29) is 6.04 Å². The fourth-order valence-electron chi connectivity index (χ4n) is 2.62. The molecular formula is C19H23BrN2S. The molecule has 122 valence electrons. The maximum absolute atomic E-state index is 5.50. The Morgan fingerprint density at radius 1 is 1.04 bits per heavy atom. The van der Waals surface area contributed by atoms with Gasteiger partial charge in [-0.05, 0) is 67.4 Å². The molecule has 0 aromatic heterocycles. The molecule has 0 amide bonds. The molecule has 0 saturated carbocycles. The van der Waals surface area contributed by atoms with Crippen molar-refractivity contribution in [3.05, 3.63) is 63.6 Å². The first-order chi connectivity index (χ1) is 10.9. The quantitative estimate of drug-likeness (QED) is 0.649. The predicted octanol–water partition coefficient (Wildman–Crippen LogP) is 5.75. The molecule has 0 bridgehead atoms. The third-order valence-electron chi connectivity index (χ3n) is 3.82. The lowest BCUT2D eigenvalue weighted by molar-refractivity contribution is 0.471.